The minimum absolute atomic E-state index is 0.471. The van der Waals surface area contributed by atoms with E-state index in [0.29, 0.717) is 0 Å². The second-order valence-electron chi connectivity index (χ2n) is 3.59. The highest BCUT2D eigenvalue weighted by molar-refractivity contribution is 7.92. The third kappa shape index (κ3) is 1.97. The highest BCUT2D eigenvalue weighted by Gasteiger charge is 2.43. The first-order valence-electron chi connectivity index (χ1n) is 4.64. The molecule has 4 nitrogen and oxygen atoms in total. The lowest BCUT2D eigenvalue weighted by Crippen LogP contribution is -2.49. The second-order valence-corrected chi connectivity index (χ2v) is 6.11. The fourth-order valence-electron chi connectivity index (χ4n) is 1.66. The van der Waals surface area contributed by atoms with E-state index in [1.807, 2.05) is 5.38 Å². The maximum atomic E-state index is 11.5. The van der Waals surface area contributed by atoms with Crippen molar-refractivity contribution in [2.24, 2.45) is 0 Å². The van der Waals surface area contributed by atoms with Gasteiger partial charge in [0.05, 0.1) is 5.54 Å². The number of hydrogen-bond donors (Lipinski definition) is 1. The zero-order chi connectivity index (χ0) is 10.9. The number of sulfonamides is 1. The number of thiazole rings is 1. The van der Waals surface area contributed by atoms with Crippen molar-refractivity contribution in [1.29, 1.82) is 0 Å². The monoisotopic (exact) mass is 244 g/mol. The van der Waals surface area contributed by atoms with Crippen LogP contribution >= 0.6 is 11.3 Å². The second kappa shape index (κ2) is 3.70. The minimum atomic E-state index is -3.38. The van der Waals surface area contributed by atoms with Crippen molar-refractivity contribution >= 4 is 21.4 Å². The average Bonchev–Trinajstić information content (AvgIpc) is 2.64. The van der Waals surface area contributed by atoms with Gasteiger partial charge >= 0.3 is 0 Å². The summed E-state index contributed by atoms with van der Waals surface area (Å²) < 4.78 is 25.6. The molecule has 0 radical (unpaired) electrons. The summed E-state index contributed by atoms with van der Waals surface area (Å²) in [5.41, 5.74) is -0.471. The first kappa shape index (κ1) is 10.8. The normalized spacial score (nSPS) is 19.5. The summed E-state index contributed by atoms with van der Waals surface area (Å²) in [7, 11) is -3.38. The molecule has 0 aromatic carbocycles. The van der Waals surface area contributed by atoms with E-state index >= 15 is 0 Å². The van der Waals surface area contributed by atoms with Crippen LogP contribution < -0.4 is 4.72 Å². The summed E-state index contributed by atoms with van der Waals surface area (Å²) in [6, 6.07) is 0. The molecule has 6 heteroatoms. The van der Waals surface area contributed by atoms with Gasteiger partial charge in [0.15, 0.2) is 0 Å². The Kier molecular flexibility index (Phi) is 2.66. The fourth-order valence-corrected chi connectivity index (χ4v) is 3.51. The number of rotatable bonds is 4. The van der Waals surface area contributed by atoms with Gasteiger partial charge in [0.1, 0.15) is 5.01 Å². The maximum Gasteiger partial charge on any atom is 0.234 e. The first-order chi connectivity index (χ1) is 7.08. The molecule has 0 bridgehead atoms. The van der Waals surface area contributed by atoms with Gasteiger partial charge in [0.2, 0.25) is 10.0 Å². The van der Waals surface area contributed by atoms with Gasteiger partial charge in [0.25, 0.3) is 0 Å². The van der Waals surface area contributed by atoms with Crippen molar-refractivity contribution in [3.8, 4) is 0 Å². The van der Waals surface area contributed by atoms with Gasteiger partial charge in [-0.25, -0.2) is 13.4 Å². The molecule has 0 amide bonds. The molecule has 1 N–H and O–H groups in total. The van der Waals surface area contributed by atoms with Crippen LogP contribution in [-0.2, 0) is 15.6 Å². The molecular formula is C9H12N2O2S2. The topological polar surface area (TPSA) is 59.1 Å². The van der Waals surface area contributed by atoms with E-state index in [-0.39, 0.29) is 0 Å². The summed E-state index contributed by atoms with van der Waals surface area (Å²) in [4.78, 5) is 4.19. The molecule has 82 valence electrons. The van der Waals surface area contributed by atoms with E-state index in [2.05, 4.69) is 16.3 Å². The zero-order valence-electron chi connectivity index (χ0n) is 8.14. The van der Waals surface area contributed by atoms with Crippen molar-refractivity contribution in [1.82, 2.24) is 9.71 Å². The Balaban J connectivity index is 2.28. The van der Waals surface area contributed by atoms with Crippen LogP contribution in [0.3, 0.4) is 0 Å². The first-order valence-corrected chi connectivity index (χ1v) is 7.07. The van der Waals surface area contributed by atoms with Crippen LogP contribution in [0.5, 0.6) is 0 Å². The predicted octanol–water partition coefficient (Wildman–Crippen LogP) is 1.59. The fraction of sp³-hybridized carbons (Fsp3) is 0.444. The maximum absolute atomic E-state index is 11.5. The summed E-state index contributed by atoms with van der Waals surface area (Å²) in [6.07, 6.45) is 4.35. The average molecular weight is 244 g/mol. The highest BCUT2D eigenvalue weighted by atomic mass is 32.2. The molecule has 1 aliphatic rings. The van der Waals surface area contributed by atoms with Gasteiger partial charge in [-0.2, -0.15) is 4.72 Å². The molecule has 0 atom stereocenters. The summed E-state index contributed by atoms with van der Waals surface area (Å²) in [6.45, 7) is 3.29. The molecule has 1 aliphatic carbocycles. The number of aromatic nitrogens is 1. The molecule has 0 aliphatic heterocycles. The van der Waals surface area contributed by atoms with Crippen LogP contribution in [0, 0.1) is 0 Å². The van der Waals surface area contributed by atoms with Crippen molar-refractivity contribution in [2.45, 2.75) is 24.8 Å². The minimum Gasteiger partial charge on any atom is -0.248 e. The lowest BCUT2D eigenvalue weighted by atomic mass is 9.78. The van der Waals surface area contributed by atoms with Crippen LogP contribution in [0.15, 0.2) is 23.6 Å². The van der Waals surface area contributed by atoms with Crippen molar-refractivity contribution < 1.29 is 8.42 Å². The zero-order valence-corrected chi connectivity index (χ0v) is 9.77. The molecule has 1 aromatic rings. The molecule has 1 saturated carbocycles. The number of hydrogen-bond acceptors (Lipinski definition) is 4. The molecule has 0 saturated heterocycles. The summed E-state index contributed by atoms with van der Waals surface area (Å²) in [5.74, 6) is 0. The lowest BCUT2D eigenvalue weighted by Gasteiger charge is -2.39. The van der Waals surface area contributed by atoms with E-state index in [4.69, 9.17) is 0 Å². The highest BCUT2D eigenvalue weighted by Crippen LogP contribution is 2.42. The van der Waals surface area contributed by atoms with E-state index in [1.54, 1.807) is 6.20 Å². The Bertz CT molecular complexity index is 446. The Morgan fingerprint density at radius 2 is 2.33 bits per heavy atom. The smallest absolute Gasteiger partial charge is 0.234 e. The van der Waals surface area contributed by atoms with Gasteiger partial charge in [-0.15, -0.1) is 11.3 Å². The Hall–Kier alpha value is -0.720. The standard InChI is InChI=1S/C9H12N2O2S2/c1-2-15(12,13)11-9(4-3-5-9)8-10-6-7-14-8/h2,6-7,11H,1,3-5H2. The SMILES string of the molecule is C=CS(=O)(=O)NC1(c2nccs2)CCC1. The van der Waals surface area contributed by atoms with E-state index in [9.17, 15) is 8.42 Å². The molecule has 0 spiro atoms. The molecule has 2 rings (SSSR count). The number of nitrogens with zero attached hydrogens (tertiary/aromatic N) is 1. The molecule has 1 fully saturated rings. The molecular weight excluding hydrogens is 232 g/mol. The van der Waals surface area contributed by atoms with E-state index in [1.165, 1.54) is 11.3 Å². The Morgan fingerprint density at radius 1 is 1.60 bits per heavy atom. The summed E-state index contributed by atoms with van der Waals surface area (Å²) >= 11 is 1.48. The number of nitrogens with one attached hydrogen (secondary N) is 1. The van der Waals surface area contributed by atoms with E-state index in [0.717, 1.165) is 29.7 Å². The van der Waals surface area contributed by atoms with Gasteiger partial charge in [-0.05, 0) is 19.3 Å². The van der Waals surface area contributed by atoms with Gasteiger partial charge in [0, 0.05) is 17.0 Å². The largest absolute Gasteiger partial charge is 0.248 e. The van der Waals surface area contributed by atoms with E-state index < -0.39 is 15.6 Å². The van der Waals surface area contributed by atoms with Gasteiger partial charge in [-0.1, -0.05) is 6.58 Å². The van der Waals surface area contributed by atoms with Crippen LogP contribution in [0.2, 0.25) is 0 Å². The predicted molar refractivity (Wildman–Crippen MR) is 59.9 cm³/mol. The Morgan fingerprint density at radius 3 is 2.73 bits per heavy atom. The van der Waals surface area contributed by atoms with Crippen molar-refractivity contribution in [2.75, 3.05) is 0 Å². The molecule has 0 unspecified atom stereocenters. The Labute approximate surface area is 93.1 Å². The summed E-state index contributed by atoms with van der Waals surface area (Å²) in [5, 5.41) is 3.65. The van der Waals surface area contributed by atoms with Gasteiger partial charge < -0.3 is 0 Å². The van der Waals surface area contributed by atoms with Crippen LogP contribution in [-0.4, -0.2) is 13.4 Å². The van der Waals surface area contributed by atoms with Crippen LogP contribution in [0.25, 0.3) is 0 Å². The lowest BCUT2D eigenvalue weighted by molar-refractivity contribution is 0.224. The van der Waals surface area contributed by atoms with Crippen molar-refractivity contribution in [3.63, 3.8) is 0 Å². The van der Waals surface area contributed by atoms with Crippen LogP contribution in [0.4, 0.5) is 0 Å². The van der Waals surface area contributed by atoms with Gasteiger partial charge in [-0.3, -0.25) is 0 Å². The third-order valence-electron chi connectivity index (χ3n) is 2.61. The van der Waals surface area contributed by atoms with Crippen molar-refractivity contribution in [3.05, 3.63) is 28.6 Å². The third-order valence-corrected chi connectivity index (χ3v) is 4.70. The quantitative estimate of drug-likeness (QED) is 0.875. The molecule has 1 heterocycles. The molecule has 1 aromatic heterocycles. The van der Waals surface area contributed by atoms with Crippen LogP contribution in [0.1, 0.15) is 24.3 Å². The molecule has 15 heavy (non-hydrogen) atoms.